The van der Waals surface area contributed by atoms with Gasteiger partial charge in [0, 0.05) is 31.0 Å². The van der Waals surface area contributed by atoms with Crippen LogP contribution in [0.3, 0.4) is 0 Å². The summed E-state index contributed by atoms with van der Waals surface area (Å²) in [5.74, 6) is 1.30. The molecule has 0 bridgehead atoms. The second-order valence-electron chi connectivity index (χ2n) is 5.68. The number of nitrogen functional groups attached to an aromatic ring is 1. The summed E-state index contributed by atoms with van der Waals surface area (Å²) in [5, 5.41) is 11.9. The van der Waals surface area contributed by atoms with Crippen LogP contribution < -0.4 is 5.73 Å². The fourth-order valence-corrected chi connectivity index (χ4v) is 2.14. The lowest BCUT2D eigenvalue weighted by Crippen LogP contribution is -2.08. The number of aromatic nitrogens is 4. The van der Waals surface area contributed by atoms with Crippen molar-refractivity contribution in [2.45, 2.75) is 33.7 Å². The summed E-state index contributed by atoms with van der Waals surface area (Å²) in [5.41, 5.74) is 8.65. The van der Waals surface area contributed by atoms with Crippen molar-refractivity contribution in [3.8, 4) is 11.4 Å². The molecular weight excluding hydrogens is 266 g/mol. The van der Waals surface area contributed by atoms with E-state index in [1.165, 1.54) is 0 Å². The molecule has 0 fully saturated rings. The van der Waals surface area contributed by atoms with Crippen molar-refractivity contribution in [1.29, 1.82) is 0 Å². The third-order valence-electron chi connectivity index (χ3n) is 3.00. The van der Waals surface area contributed by atoms with Gasteiger partial charge in [-0.2, -0.15) is 0 Å². The van der Waals surface area contributed by atoms with Crippen molar-refractivity contribution < 1.29 is 4.74 Å². The zero-order valence-electron chi connectivity index (χ0n) is 12.9. The maximum Gasteiger partial charge on any atom is 0.182 e. The molecular formula is C15H23N5O. The molecule has 2 aromatic rings. The van der Waals surface area contributed by atoms with Crippen LogP contribution in [0.25, 0.3) is 11.4 Å². The number of hydrogen-bond acceptors (Lipinski definition) is 5. The van der Waals surface area contributed by atoms with E-state index < -0.39 is 0 Å². The Morgan fingerprint density at radius 2 is 2.10 bits per heavy atom. The van der Waals surface area contributed by atoms with Gasteiger partial charge in [-0.3, -0.25) is 0 Å². The first-order valence-electron chi connectivity index (χ1n) is 7.27. The van der Waals surface area contributed by atoms with Crippen LogP contribution in [-0.2, 0) is 11.3 Å². The van der Waals surface area contributed by atoms with Gasteiger partial charge in [0.1, 0.15) is 0 Å². The van der Waals surface area contributed by atoms with Gasteiger partial charge >= 0.3 is 0 Å². The second kappa shape index (κ2) is 7.17. The lowest BCUT2D eigenvalue weighted by Gasteiger charge is -2.08. The van der Waals surface area contributed by atoms with E-state index in [0.717, 1.165) is 42.2 Å². The number of rotatable bonds is 7. The Bertz CT molecular complexity index is 559. The van der Waals surface area contributed by atoms with Gasteiger partial charge in [-0.1, -0.05) is 13.8 Å². The standard InChI is InChI=1S/C15H23N5O/c1-11(2)10-21-6-4-5-20-15(17-18-19-20)13-7-12(3)8-14(16)9-13/h7-9,11H,4-6,10,16H2,1-3H3. The van der Waals surface area contributed by atoms with Gasteiger partial charge in [0.05, 0.1) is 0 Å². The van der Waals surface area contributed by atoms with Gasteiger partial charge in [0.2, 0.25) is 0 Å². The number of aryl methyl sites for hydroxylation is 2. The highest BCUT2D eigenvalue weighted by atomic mass is 16.5. The Morgan fingerprint density at radius 1 is 1.29 bits per heavy atom. The molecule has 1 aromatic heterocycles. The van der Waals surface area contributed by atoms with E-state index in [0.29, 0.717) is 12.5 Å². The summed E-state index contributed by atoms with van der Waals surface area (Å²) < 4.78 is 7.37. The Hall–Kier alpha value is -1.95. The lowest BCUT2D eigenvalue weighted by atomic mass is 10.1. The molecule has 1 heterocycles. The fourth-order valence-electron chi connectivity index (χ4n) is 2.14. The monoisotopic (exact) mass is 289 g/mol. The molecule has 0 aliphatic carbocycles. The quantitative estimate of drug-likeness (QED) is 0.625. The molecule has 21 heavy (non-hydrogen) atoms. The van der Waals surface area contributed by atoms with Gasteiger partial charge in [-0.15, -0.1) is 5.10 Å². The molecule has 0 spiro atoms. The van der Waals surface area contributed by atoms with Crippen molar-refractivity contribution >= 4 is 5.69 Å². The summed E-state index contributed by atoms with van der Waals surface area (Å²) in [4.78, 5) is 0. The van der Waals surface area contributed by atoms with Crippen molar-refractivity contribution in [2.75, 3.05) is 18.9 Å². The molecule has 0 amide bonds. The third-order valence-corrected chi connectivity index (χ3v) is 3.00. The van der Waals surface area contributed by atoms with Crippen molar-refractivity contribution in [3.05, 3.63) is 23.8 Å². The van der Waals surface area contributed by atoms with E-state index in [2.05, 4.69) is 29.4 Å². The van der Waals surface area contributed by atoms with Gasteiger partial charge < -0.3 is 10.5 Å². The first-order valence-corrected chi connectivity index (χ1v) is 7.27. The molecule has 6 heteroatoms. The summed E-state index contributed by atoms with van der Waals surface area (Å²) in [7, 11) is 0. The topological polar surface area (TPSA) is 78.9 Å². The maximum absolute atomic E-state index is 5.89. The Morgan fingerprint density at radius 3 is 2.81 bits per heavy atom. The highest BCUT2D eigenvalue weighted by molar-refractivity contribution is 5.62. The summed E-state index contributed by atoms with van der Waals surface area (Å²) in [6, 6.07) is 5.86. The minimum absolute atomic E-state index is 0.559. The number of nitrogens with two attached hydrogens (primary N) is 1. The number of anilines is 1. The predicted molar refractivity (Wildman–Crippen MR) is 82.7 cm³/mol. The molecule has 0 radical (unpaired) electrons. The van der Waals surface area contributed by atoms with E-state index in [1.54, 1.807) is 4.68 Å². The average Bonchev–Trinajstić information content (AvgIpc) is 2.85. The molecule has 0 atom stereocenters. The summed E-state index contributed by atoms with van der Waals surface area (Å²) in [6.07, 6.45) is 0.881. The largest absolute Gasteiger partial charge is 0.399 e. The molecule has 114 valence electrons. The normalized spacial score (nSPS) is 11.2. The minimum atomic E-state index is 0.559. The molecule has 2 rings (SSSR count). The van der Waals surface area contributed by atoms with Gasteiger partial charge in [-0.05, 0) is 53.5 Å². The number of tetrazole rings is 1. The van der Waals surface area contributed by atoms with Crippen molar-refractivity contribution in [3.63, 3.8) is 0 Å². The van der Waals surface area contributed by atoms with Gasteiger partial charge in [-0.25, -0.2) is 4.68 Å². The minimum Gasteiger partial charge on any atom is -0.399 e. The van der Waals surface area contributed by atoms with E-state index in [4.69, 9.17) is 10.5 Å². The van der Waals surface area contributed by atoms with E-state index in [9.17, 15) is 0 Å². The van der Waals surface area contributed by atoms with Gasteiger partial charge in [0.15, 0.2) is 5.82 Å². The lowest BCUT2D eigenvalue weighted by molar-refractivity contribution is 0.105. The molecule has 1 aromatic carbocycles. The SMILES string of the molecule is Cc1cc(N)cc(-c2nnnn2CCCOCC(C)C)c1. The molecule has 0 unspecified atom stereocenters. The summed E-state index contributed by atoms with van der Waals surface area (Å²) in [6.45, 7) is 8.52. The predicted octanol–water partition coefficient (Wildman–Crippen LogP) is 2.29. The molecule has 2 N–H and O–H groups in total. The molecule has 0 saturated heterocycles. The Kier molecular flexibility index (Phi) is 5.27. The number of nitrogens with zero attached hydrogens (tertiary/aromatic N) is 4. The maximum atomic E-state index is 5.89. The highest BCUT2D eigenvalue weighted by Gasteiger charge is 2.09. The Balaban J connectivity index is 1.98. The van der Waals surface area contributed by atoms with Crippen molar-refractivity contribution in [1.82, 2.24) is 20.2 Å². The van der Waals surface area contributed by atoms with Crippen LogP contribution in [0.2, 0.25) is 0 Å². The average molecular weight is 289 g/mol. The van der Waals surface area contributed by atoms with Gasteiger partial charge in [0.25, 0.3) is 0 Å². The second-order valence-corrected chi connectivity index (χ2v) is 5.68. The van der Waals surface area contributed by atoms with Crippen LogP contribution >= 0.6 is 0 Å². The highest BCUT2D eigenvalue weighted by Crippen LogP contribution is 2.21. The number of benzene rings is 1. The fraction of sp³-hybridized carbons (Fsp3) is 0.533. The number of hydrogen-bond donors (Lipinski definition) is 1. The van der Waals surface area contributed by atoms with Crippen LogP contribution in [-0.4, -0.2) is 33.4 Å². The summed E-state index contributed by atoms with van der Waals surface area (Å²) >= 11 is 0. The van der Waals surface area contributed by atoms with Crippen LogP contribution in [0.1, 0.15) is 25.8 Å². The van der Waals surface area contributed by atoms with Crippen molar-refractivity contribution in [2.24, 2.45) is 5.92 Å². The molecule has 0 aliphatic heterocycles. The van der Waals surface area contributed by atoms with Crippen LogP contribution in [0.4, 0.5) is 5.69 Å². The van der Waals surface area contributed by atoms with Crippen LogP contribution in [0.15, 0.2) is 18.2 Å². The molecule has 0 aliphatic rings. The van der Waals surface area contributed by atoms with E-state index in [-0.39, 0.29) is 0 Å². The zero-order chi connectivity index (χ0) is 15.2. The number of ether oxygens (including phenoxy) is 1. The van der Waals surface area contributed by atoms with E-state index in [1.807, 2.05) is 25.1 Å². The molecule has 0 saturated carbocycles. The van der Waals surface area contributed by atoms with Crippen LogP contribution in [0.5, 0.6) is 0 Å². The first-order chi connectivity index (χ1) is 10.1. The van der Waals surface area contributed by atoms with E-state index >= 15 is 0 Å². The Labute approximate surface area is 125 Å². The third kappa shape index (κ3) is 4.53. The zero-order valence-corrected chi connectivity index (χ0v) is 12.9. The first kappa shape index (κ1) is 15.4. The van der Waals surface area contributed by atoms with Crippen LogP contribution in [0, 0.1) is 12.8 Å². The molecule has 6 nitrogen and oxygen atoms in total. The smallest absolute Gasteiger partial charge is 0.182 e.